The van der Waals surface area contributed by atoms with Crippen molar-refractivity contribution in [3.8, 4) is 0 Å². The van der Waals surface area contributed by atoms with E-state index < -0.39 is 0 Å². The normalized spacial score (nSPS) is 18.7. The Labute approximate surface area is 146 Å². The molecule has 0 bridgehead atoms. The van der Waals surface area contributed by atoms with E-state index in [4.69, 9.17) is 0 Å². The van der Waals surface area contributed by atoms with Crippen molar-refractivity contribution in [2.45, 2.75) is 25.8 Å². The highest BCUT2D eigenvalue weighted by atomic mass is 32.1. The van der Waals surface area contributed by atoms with Gasteiger partial charge in [0.25, 0.3) is 0 Å². The zero-order valence-corrected chi connectivity index (χ0v) is 15.1. The van der Waals surface area contributed by atoms with Gasteiger partial charge in [0.15, 0.2) is 5.78 Å². The van der Waals surface area contributed by atoms with Gasteiger partial charge >= 0.3 is 0 Å². The van der Waals surface area contributed by atoms with E-state index in [1.807, 2.05) is 19.0 Å². The molecule has 1 aromatic heterocycles. The SMILES string of the molecule is CN(C)CCNC1=CC(=O)c2sc(CN3CCCCC3)nc2C1=O. The number of hydrogen-bond donors (Lipinski definition) is 1. The van der Waals surface area contributed by atoms with Gasteiger partial charge in [-0.15, -0.1) is 11.3 Å². The Morgan fingerprint density at radius 3 is 2.71 bits per heavy atom. The summed E-state index contributed by atoms with van der Waals surface area (Å²) in [5.74, 6) is -0.274. The van der Waals surface area contributed by atoms with Crippen LogP contribution in [0.2, 0.25) is 0 Å². The molecule has 6 nitrogen and oxygen atoms in total. The van der Waals surface area contributed by atoms with E-state index >= 15 is 0 Å². The van der Waals surface area contributed by atoms with Crippen molar-refractivity contribution in [1.82, 2.24) is 20.1 Å². The van der Waals surface area contributed by atoms with Crippen molar-refractivity contribution in [1.29, 1.82) is 0 Å². The number of nitrogens with one attached hydrogen (secondary N) is 1. The van der Waals surface area contributed by atoms with Crippen LogP contribution in [0.25, 0.3) is 0 Å². The topological polar surface area (TPSA) is 65.5 Å². The Morgan fingerprint density at radius 1 is 1.25 bits per heavy atom. The molecule has 1 N–H and O–H groups in total. The highest BCUT2D eigenvalue weighted by molar-refractivity contribution is 7.14. The summed E-state index contributed by atoms with van der Waals surface area (Å²) in [6, 6.07) is 0. The van der Waals surface area contributed by atoms with Gasteiger partial charge in [-0.2, -0.15) is 0 Å². The van der Waals surface area contributed by atoms with Crippen molar-refractivity contribution >= 4 is 22.9 Å². The summed E-state index contributed by atoms with van der Waals surface area (Å²) in [7, 11) is 3.94. The largest absolute Gasteiger partial charge is 0.380 e. The zero-order chi connectivity index (χ0) is 17.1. The Bertz CT molecular complexity index is 660. The van der Waals surface area contributed by atoms with E-state index in [1.165, 1.54) is 36.7 Å². The molecule has 0 spiro atoms. The summed E-state index contributed by atoms with van der Waals surface area (Å²) in [6.45, 7) is 4.30. The van der Waals surface area contributed by atoms with E-state index in [1.54, 1.807) is 0 Å². The second kappa shape index (κ2) is 7.55. The molecule has 3 rings (SSSR count). The highest BCUT2D eigenvalue weighted by Gasteiger charge is 2.30. The first-order valence-corrected chi connectivity index (χ1v) is 9.27. The van der Waals surface area contributed by atoms with Gasteiger partial charge in [0.2, 0.25) is 5.78 Å². The van der Waals surface area contributed by atoms with Crippen LogP contribution in [0.4, 0.5) is 0 Å². The number of aromatic nitrogens is 1. The lowest BCUT2D eigenvalue weighted by molar-refractivity contribution is 0.0977. The summed E-state index contributed by atoms with van der Waals surface area (Å²) < 4.78 is 0. The number of carbonyl (C=O) groups excluding carboxylic acids is 2. The number of fused-ring (bicyclic) bond motifs is 1. The molecule has 24 heavy (non-hydrogen) atoms. The van der Waals surface area contributed by atoms with Gasteiger partial charge in [0.1, 0.15) is 15.6 Å². The number of Topliss-reactive ketones (excluding diaryl/α,β-unsaturated/α-hetero) is 1. The molecule has 7 heteroatoms. The second-order valence-electron chi connectivity index (χ2n) is 6.60. The maximum Gasteiger partial charge on any atom is 0.228 e. The zero-order valence-electron chi connectivity index (χ0n) is 14.3. The molecule has 2 aliphatic rings. The third-order valence-corrected chi connectivity index (χ3v) is 5.37. The molecular weight excluding hydrogens is 324 g/mol. The quantitative estimate of drug-likeness (QED) is 0.841. The lowest BCUT2D eigenvalue weighted by atomic mass is 10.0. The number of carbonyl (C=O) groups is 2. The maximum absolute atomic E-state index is 12.6. The molecule has 1 aromatic rings. The number of likely N-dealkylation sites (N-methyl/N-ethyl adjacent to an activating group) is 1. The van der Waals surface area contributed by atoms with E-state index in [2.05, 4.69) is 15.2 Å². The Kier molecular flexibility index (Phi) is 5.43. The van der Waals surface area contributed by atoms with Crippen LogP contribution in [0.15, 0.2) is 11.8 Å². The minimum atomic E-state index is -0.162. The predicted octanol–water partition coefficient (Wildman–Crippen LogP) is 1.54. The molecule has 0 unspecified atom stereocenters. The summed E-state index contributed by atoms with van der Waals surface area (Å²) in [5, 5.41) is 3.94. The maximum atomic E-state index is 12.6. The number of rotatable bonds is 6. The number of ketones is 2. The Morgan fingerprint density at radius 2 is 2.00 bits per heavy atom. The highest BCUT2D eigenvalue weighted by Crippen LogP contribution is 2.27. The van der Waals surface area contributed by atoms with Gasteiger partial charge in [-0.05, 0) is 40.0 Å². The van der Waals surface area contributed by atoms with E-state index in [9.17, 15) is 9.59 Å². The molecule has 0 amide bonds. The first-order chi connectivity index (χ1) is 11.5. The third kappa shape index (κ3) is 3.91. The van der Waals surface area contributed by atoms with Gasteiger partial charge in [-0.25, -0.2) is 4.98 Å². The molecule has 2 heterocycles. The minimum absolute atomic E-state index is 0.112. The van der Waals surface area contributed by atoms with E-state index in [-0.39, 0.29) is 11.6 Å². The molecule has 1 saturated heterocycles. The standard InChI is InChI=1S/C17H24N4O2S/c1-20(2)9-6-18-12-10-13(22)17-15(16(12)23)19-14(24-17)11-21-7-4-3-5-8-21/h10,18H,3-9,11H2,1-2H3. The molecule has 1 aliphatic heterocycles. The van der Waals surface area contributed by atoms with Crippen LogP contribution in [0.5, 0.6) is 0 Å². The van der Waals surface area contributed by atoms with Crippen molar-refractivity contribution in [3.63, 3.8) is 0 Å². The summed E-state index contributed by atoms with van der Waals surface area (Å²) in [6.07, 6.45) is 5.13. The first-order valence-electron chi connectivity index (χ1n) is 8.46. The van der Waals surface area contributed by atoms with Crippen LogP contribution in [-0.2, 0) is 6.54 Å². The van der Waals surface area contributed by atoms with Crippen molar-refractivity contribution in [3.05, 3.63) is 27.4 Å². The molecule has 0 aromatic carbocycles. The van der Waals surface area contributed by atoms with E-state index in [0.29, 0.717) is 22.8 Å². The van der Waals surface area contributed by atoms with E-state index in [0.717, 1.165) is 31.2 Å². The smallest absolute Gasteiger partial charge is 0.228 e. The number of thiazole rings is 1. The molecule has 0 saturated carbocycles. The number of piperidine rings is 1. The van der Waals surface area contributed by atoms with Gasteiger partial charge in [0, 0.05) is 19.2 Å². The third-order valence-electron chi connectivity index (χ3n) is 4.31. The van der Waals surface area contributed by atoms with Crippen LogP contribution >= 0.6 is 11.3 Å². The molecule has 0 radical (unpaired) electrons. The first kappa shape index (κ1) is 17.3. The number of allylic oxidation sites excluding steroid dienone is 2. The van der Waals surface area contributed by atoms with Crippen molar-refractivity contribution in [2.24, 2.45) is 0 Å². The molecule has 0 atom stereocenters. The average Bonchev–Trinajstić information content (AvgIpc) is 2.97. The number of nitrogens with zero attached hydrogens (tertiary/aromatic N) is 3. The summed E-state index contributed by atoms with van der Waals surface area (Å²) in [4.78, 5) is 34.3. The molecule has 1 fully saturated rings. The van der Waals surface area contributed by atoms with Crippen molar-refractivity contribution < 1.29 is 9.59 Å². The van der Waals surface area contributed by atoms with Crippen LogP contribution in [-0.4, -0.2) is 66.6 Å². The lowest BCUT2D eigenvalue weighted by Gasteiger charge is -2.25. The molecule has 1 aliphatic carbocycles. The predicted molar refractivity (Wildman–Crippen MR) is 94.5 cm³/mol. The second-order valence-corrected chi connectivity index (χ2v) is 7.69. The fourth-order valence-corrected chi connectivity index (χ4v) is 4.01. The summed E-state index contributed by atoms with van der Waals surface area (Å²) in [5.41, 5.74) is 0.691. The fourth-order valence-electron chi connectivity index (χ4n) is 3.00. The number of likely N-dealkylation sites (tertiary alicyclic amines) is 1. The van der Waals surface area contributed by atoms with Crippen LogP contribution in [0.1, 0.15) is 44.4 Å². The van der Waals surface area contributed by atoms with Gasteiger partial charge in [-0.3, -0.25) is 14.5 Å². The van der Waals surface area contributed by atoms with Gasteiger partial charge in [0.05, 0.1) is 12.2 Å². The average molecular weight is 348 g/mol. The number of hydrogen-bond acceptors (Lipinski definition) is 7. The van der Waals surface area contributed by atoms with Crippen molar-refractivity contribution in [2.75, 3.05) is 40.3 Å². The fraction of sp³-hybridized carbons (Fsp3) is 0.588. The van der Waals surface area contributed by atoms with Gasteiger partial charge < -0.3 is 10.2 Å². The molecule has 130 valence electrons. The van der Waals surface area contributed by atoms with Crippen LogP contribution in [0, 0.1) is 0 Å². The van der Waals surface area contributed by atoms with Crippen LogP contribution < -0.4 is 5.32 Å². The van der Waals surface area contributed by atoms with Crippen LogP contribution in [0.3, 0.4) is 0 Å². The monoisotopic (exact) mass is 348 g/mol. The summed E-state index contributed by atoms with van der Waals surface area (Å²) >= 11 is 1.37. The van der Waals surface area contributed by atoms with Gasteiger partial charge in [-0.1, -0.05) is 6.42 Å². The minimum Gasteiger partial charge on any atom is -0.380 e. The lowest BCUT2D eigenvalue weighted by Crippen LogP contribution is -2.31. The Hall–Kier alpha value is -1.57. The Balaban J connectivity index is 1.69. The molecular formula is C17H24N4O2S.